The summed E-state index contributed by atoms with van der Waals surface area (Å²) < 4.78 is 5.42. The molecule has 1 aliphatic rings. The molecule has 1 unspecified atom stereocenters. The lowest BCUT2D eigenvalue weighted by atomic mass is 10.0. The lowest BCUT2D eigenvalue weighted by Gasteiger charge is -2.27. The van der Waals surface area contributed by atoms with Gasteiger partial charge >= 0.3 is 6.09 Å². The fourth-order valence-electron chi connectivity index (χ4n) is 2.31. The minimum Gasteiger partial charge on any atom is -0.444 e. The Bertz CT molecular complexity index is 491. The van der Waals surface area contributed by atoms with E-state index in [0.717, 1.165) is 16.7 Å². The van der Waals surface area contributed by atoms with Crippen molar-refractivity contribution < 1.29 is 14.6 Å². The van der Waals surface area contributed by atoms with Gasteiger partial charge in [-0.05, 0) is 44.4 Å². The quantitative estimate of drug-likeness (QED) is 0.847. The van der Waals surface area contributed by atoms with Gasteiger partial charge in [0.15, 0.2) is 0 Å². The Balaban J connectivity index is 2.19. The molecule has 1 atom stereocenters. The number of carbonyl (C=O) groups is 1. The van der Waals surface area contributed by atoms with E-state index in [0.29, 0.717) is 6.54 Å². The molecule has 0 saturated heterocycles. The van der Waals surface area contributed by atoms with Gasteiger partial charge in [0.25, 0.3) is 0 Å². The van der Waals surface area contributed by atoms with Crippen LogP contribution < -0.4 is 0 Å². The van der Waals surface area contributed by atoms with Crippen molar-refractivity contribution in [3.63, 3.8) is 0 Å². The molecule has 1 heterocycles. The summed E-state index contributed by atoms with van der Waals surface area (Å²) >= 11 is 0. The lowest BCUT2D eigenvalue weighted by molar-refractivity contribution is 0.0187. The van der Waals surface area contributed by atoms with Gasteiger partial charge in [0.2, 0.25) is 0 Å². The second-order valence-corrected chi connectivity index (χ2v) is 5.98. The largest absolute Gasteiger partial charge is 0.444 e. The summed E-state index contributed by atoms with van der Waals surface area (Å²) in [6, 6.07) is 5.81. The molecule has 1 amide bonds. The highest BCUT2D eigenvalue weighted by molar-refractivity contribution is 5.70. The number of carbonyl (C=O) groups excluding carboxylic acids is 1. The Kier molecular flexibility index (Phi) is 3.54. The summed E-state index contributed by atoms with van der Waals surface area (Å²) in [5, 5.41) is 9.18. The van der Waals surface area contributed by atoms with Crippen molar-refractivity contribution in [1.29, 1.82) is 0 Å². The molecule has 1 aromatic carbocycles. The number of fused-ring (bicyclic) bond motifs is 1. The zero-order chi connectivity index (χ0) is 14.2. The fraction of sp³-hybridized carbons (Fsp3) is 0.533. The van der Waals surface area contributed by atoms with Gasteiger partial charge in [-0.25, -0.2) is 4.79 Å². The van der Waals surface area contributed by atoms with E-state index in [9.17, 15) is 9.90 Å². The number of amides is 1. The van der Waals surface area contributed by atoms with Crippen LogP contribution in [0.5, 0.6) is 0 Å². The van der Waals surface area contributed by atoms with Crippen LogP contribution in [0.2, 0.25) is 0 Å². The molecule has 4 heteroatoms. The minimum absolute atomic E-state index is 0.0173. The number of aliphatic hydroxyl groups is 1. The molecule has 104 valence electrons. The maximum absolute atomic E-state index is 12.1. The third-order valence-electron chi connectivity index (χ3n) is 3.28. The maximum atomic E-state index is 12.1. The normalized spacial score (nSPS) is 18.4. The first-order valence-electron chi connectivity index (χ1n) is 6.54. The SMILES string of the molecule is CC1c2cc(CO)ccc2CN1C(=O)OC(C)(C)C. The first-order valence-corrected chi connectivity index (χ1v) is 6.54. The van der Waals surface area contributed by atoms with Gasteiger partial charge < -0.3 is 9.84 Å². The van der Waals surface area contributed by atoms with Crippen molar-refractivity contribution in [2.45, 2.75) is 52.5 Å². The second kappa shape index (κ2) is 4.85. The average molecular weight is 263 g/mol. The monoisotopic (exact) mass is 263 g/mol. The van der Waals surface area contributed by atoms with Crippen LogP contribution >= 0.6 is 0 Å². The molecule has 4 nitrogen and oxygen atoms in total. The number of hydrogen-bond donors (Lipinski definition) is 1. The smallest absolute Gasteiger partial charge is 0.411 e. The number of aliphatic hydroxyl groups excluding tert-OH is 1. The van der Waals surface area contributed by atoms with Crippen LogP contribution in [0.1, 0.15) is 50.4 Å². The fourth-order valence-corrected chi connectivity index (χ4v) is 2.31. The molecule has 0 aliphatic carbocycles. The van der Waals surface area contributed by atoms with Crippen molar-refractivity contribution in [3.05, 3.63) is 34.9 Å². The summed E-state index contributed by atoms with van der Waals surface area (Å²) in [6.07, 6.45) is -0.290. The van der Waals surface area contributed by atoms with Gasteiger partial charge in [-0.15, -0.1) is 0 Å². The topological polar surface area (TPSA) is 49.8 Å². The molecule has 1 N–H and O–H groups in total. The summed E-state index contributed by atoms with van der Waals surface area (Å²) in [5.74, 6) is 0. The standard InChI is InChI=1S/C15H21NO3/c1-10-13-7-11(9-17)5-6-12(13)8-16(10)14(18)19-15(2,3)4/h5-7,10,17H,8-9H2,1-4H3. The number of ether oxygens (including phenoxy) is 1. The van der Waals surface area contributed by atoms with E-state index in [4.69, 9.17) is 4.74 Å². The first-order chi connectivity index (χ1) is 8.81. The Morgan fingerprint density at radius 1 is 1.47 bits per heavy atom. The highest BCUT2D eigenvalue weighted by Gasteiger charge is 2.33. The van der Waals surface area contributed by atoms with Crippen LogP contribution in [0.3, 0.4) is 0 Å². The molecule has 0 spiro atoms. The van der Waals surface area contributed by atoms with Crippen LogP contribution in [0.25, 0.3) is 0 Å². The van der Waals surface area contributed by atoms with E-state index < -0.39 is 5.60 Å². The van der Waals surface area contributed by atoms with Crippen LogP contribution in [0, 0.1) is 0 Å². The van der Waals surface area contributed by atoms with E-state index in [-0.39, 0.29) is 18.7 Å². The minimum atomic E-state index is -0.484. The van der Waals surface area contributed by atoms with Crippen molar-refractivity contribution in [2.75, 3.05) is 0 Å². The molecule has 0 fully saturated rings. The van der Waals surface area contributed by atoms with Gasteiger partial charge in [-0.3, -0.25) is 4.90 Å². The Morgan fingerprint density at radius 2 is 2.16 bits per heavy atom. The second-order valence-electron chi connectivity index (χ2n) is 5.98. The van der Waals surface area contributed by atoms with E-state index in [2.05, 4.69) is 0 Å². The van der Waals surface area contributed by atoms with E-state index in [1.807, 2.05) is 45.9 Å². The van der Waals surface area contributed by atoms with Crippen molar-refractivity contribution in [3.8, 4) is 0 Å². The van der Waals surface area contributed by atoms with Gasteiger partial charge in [0, 0.05) is 6.54 Å². The summed E-state index contributed by atoms with van der Waals surface area (Å²) in [4.78, 5) is 13.9. The zero-order valence-corrected chi connectivity index (χ0v) is 11.9. The molecule has 1 aliphatic heterocycles. The van der Waals surface area contributed by atoms with Gasteiger partial charge in [0.1, 0.15) is 5.60 Å². The van der Waals surface area contributed by atoms with Gasteiger partial charge in [-0.2, -0.15) is 0 Å². The Hall–Kier alpha value is -1.55. The summed E-state index contributed by atoms with van der Waals surface area (Å²) in [5.41, 5.74) is 2.60. The van der Waals surface area contributed by atoms with Crippen molar-refractivity contribution in [2.24, 2.45) is 0 Å². The average Bonchev–Trinajstić information content (AvgIpc) is 2.64. The number of benzene rings is 1. The zero-order valence-electron chi connectivity index (χ0n) is 11.9. The molecule has 19 heavy (non-hydrogen) atoms. The highest BCUT2D eigenvalue weighted by atomic mass is 16.6. The van der Waals surface area contributed by atoms with E-state index in [1.165, 1.54) is 0 Å². The van der Waals surface area contributed by atoms with E-state index in [1.54, 1.807) is 4.90 Å². The first kappa shape index (κ1) is 13.9. The third kappa shape index (κ3) is 2.89. The molecular weight excluding hydrogens is 242 g/mol. The van der Waals surface area contributed by atoms with Crippen LogP contribution in [-0.2, 0) is 17.9 Å². The van der Waals surface area contributed by atoms with E-state index >= 15 is 0 Å². The van der Waals surface area contributed by atoms with Crippen LogP contribution in [0.4, 0.5) is 4.79 Å². The predicted octanol–water partition coefficient (Wildman–Crippen LogP) is 2.99. The Labute approximate surface area is 114 Å². The number of hydrogen-bond acceptors (Lipinski definition) is 3. The maximum Gasteiger partial charge on any atom is 0.411 e. The number of nitrogens with zero attached hydrogens (tertiary/aromatic N) is 1. The molecule has 1 aromatic rings. The lowest BCUT2D eigenvalue weighted by Crippen LogP contribution is -2.34. The number of rotatable bonds is 1. The van der Waals surface area contributed by atoms with Gasteiger partial charge in [0.05, 0.1) is 12.6 Å². The molecule has 0 aromatic heterocycles. The summed E-state index contributed by atoms with van der Waals surface area (Å²) in [7, 11) is 0. The van der Waals surface area contributed by atoms with Gasteiger partial charge in [-0.1, -0.05) is 18.2 Å². The third-order valence-corrected chi connectivity index (χ3v) is 3.28. The molecule has 0 saturated carbocycles. The van der Waals surface area contributed by atoms with Crippen LogP contribution in [0.15, 0.2) is 18.2 Å². The van der Waals surface area contributed by atoms with Crippen molar-refractivity contribution in [1.82, 2.24) is 4.90 Å². The molecule has 2 rings (SSSR count). The predicted molar refractivity (Wildman–Crippen MR) is 72.6 cm³/mol. The van der Waals surface area contributed by atoms with Crippen LogP contribution in [-0.4, -0.2) is 21.7 Å². The Morgan fingerprint density at radius 3 is 2.74 bits per heavy atom. The molecule has 0 radical (unpaired) electrons. The highest BCUT2D eigenvalue weighted by Crippen LogP contribution is 2.34. The molecular formula is C15H21NO3. The van der Waals surface area contributed by atoms with Crippen molar-refractivity contribution >= 4 is 6.09 Å². The molecule has 0 bridgehead atoms. The summed E-state index contributed by atoms with van der Waals surface area (Å²) in [6.45, 7) is 8.16.